The van der Waals surface area contributed by atoms with Crippen molar-refractivity contribution in [3.63, 3.8) is 0 Å². The molecule has 0 radical (unpaired) electrons. The molecule has 3 rings (SSSR count). The minimum atomic E-state index is -0.469. The summed E-state index contributed by atoms with van der Waals surface area (Å²) >= 11 is 0.794. The van der Waals surface area contributed by atoms with E-state index in [0.29, 0.717) is 5.56 Å². The fraction of sp³-hybridized carbons (Fsp3) is 0.0714. The molecule has 6 heteroatoms. The van der Waals surface area contributed by atoms with Crippen molar-refractivity contribution in [1.82, 2.24) is 10.3 Å². The molecule has 2 heterocycles. The quantitative estimate of drug-likeness (QED) is 0.787. The zero-order chi connectivity index (χ0) is 14.3. The molecule has 1 aromatic heterocycles. The van der Waals surface area contributed by atoms with E-state index in [9.17, 15) is 14.4 Å². The van der Waals surface area contributed by atoms with E-state index in [2.05, 4.69) is 10.3 Å². The first-order chi connectivity index (χ1) is 9.54. The van der Waals surface area contributed by atoms with Crippen LogP contribution in [0.2, 0.25) is 0 Å². The van der Waals surface area contributed by atoms with Crippen LogP contribution in [-0.2, 0) is 4.79 Å². The minimum absolute atomic E-state index is 0.229. The van der Waals surface area contributed by atoms with Crippen molar-refractivity contribution in [2.24, 2.45) is 0 Å². The Balaban J connectivity index is 2.16. The van der Waals surface area contributed by atoms with E-state index < -0.39 is 11.1 Å². The van der Waals surface area contributed by atoms with Gasteiger partial charge >= 0.3 is 0 Å². The van der Waals surface area contributed by atoms with Crippen molar-refractivity contribution < 1.29 is 9.59 Å². The van der Waals surface area contributed by atoms with Gasteiger partial charge in [0.1, 0.15) is 0 Å². The normalized spacial score (nSPS) is 16.9. The van der Waals surface area contributed by atoms with Crippen LogP contribution in [-0.4, -0.2) is 16.1 Å². The third kappa shape index (κ3) is 2.14. The molecule has 1 fully saturated rings. The number of hydrogen-bond donors (Lipinski definition) is 2. The molecule has 5 nitrogen and oxygen atoms in total. The van der Waals surface area contributed by atoms with Crippen molar-refractivity contribution in [3.8, 4) is 0 Å². The lowest BCUT2D eigenvalue weighted by molar-refractivity contribution is -0.115. The first-order valence-electron chi connectivity index (χ1n) is 5.92. The molecule has 1 aliphatic heterocycles. The number of H-pyrrole nitrogens is 1. The highest BCUT2D eigenvalue weighted by atomic mass is 32.2. The van der Waals surface area contributed by atoms with Crippen LogP contribution in [0.15, 0.2) is 34.0 Å². The zero-order valence-electron chi connectivity index (χ0n) is 10.5. The van der Waals surface area contributed by atoms with E-state index >= 15 is 0 Å². The summed E-state index contributed by atoms with van der Waals surface area (Å²) in [4.78, 5) is 37.7. The van der Waals surface area contributed by atoms with Crippen LogP contribution >= 0.6 is 11.8 Å². The topological polar surface area (TPSA) is 79.0 Å². The molecule has 2 amide bonds. The number of hydrogen-bond acceptors (Lipinski definition) is 4. The lowest BCUT2D eigenvalue weighted by Crippen LogP contribution is -2.18. The first-order valence-corrected chi connectivity index (χ1v) is 6.74. The van der Waals surface area contributed by atoms with Gasteiger partial charge < -0.3 is 4.98 Å². The van der Waals surface area contributed by atoms with Gasteiger partial charge in [0.2, 0.25) is 0 Å². The molecule has 20 heavy (non-hydrogen) atoms. The number of carbonyl (C=O) groups excluding carboxylic acids is 2. The highest BCUT2D eigenvalue weighted by Crippen LogP contribution is 2.25. The van der Waals surface area contributed by atoms with Crippen molar-refractivity contribution in [2.45, 2.75) is 6.92 Å². The molecule has 0 bridgehead atoms. The van der Waals surface area contributed by atoms with E-state index in [1.165, 1.54) is 6.08 Å². The first kappa shape index (κ1) is 12.7. The summed E-state index contributed by atoms with van der Waals surface area (Å²) in [6.07, 6.45) is 1.44. The van der Waals surface area contributed by atoms with E-state index in [-0.39, 0.29) is 10.5 Å². The van der Waals surface area contributed by atoms with Crippen molar-refractivity contribution in [3.05, 3.63) is 50.7 Å². The minimum Gasteiger partial charge on any atom is -0.321 e. The highest BCUT2D eigenvalue weighted by Gasteiger charge is 2.25. The zero-order valence-corrected chi connectivity index (χ0v) is 11.3. The summed E-state index contributed by atoms with van der Waals surface area (Å²) in [5.41, 5.74) is 1.82. The lowest BCUT2D eigenvalue weighted by Gasteiger charge is -2.03. The number of aromatic nitrogens is 1. The maximum Gasteiger partial charge on any atom is 0.290 e. The van der Waals surface area contributed by atoms with E-state index in [1.807, 2.05) is 25.1 Å². The van der Waals surface area contributed by atoms with Gasteiger partial charge in [0.15, 0.2) is 0 Å². The van der Waals surface area contributed by atoms with Crippen LogP contribution in [0, 0.1) is 6.92 Å². The number of para-hydroxylation sites is 1. The summed E-state index contributed by atoms with van der Waals surface area (Å²) < 4.78 is 0. The molecule has 0 spiro atoms. The maximum atomic E-state index is 12.0. The third-order valence-corrected chi connectivity index (χ3v) is 3.86. The fourth-order valence-electron chi connectivity index (χ4n) is 2.07. The van der Waals surface area contributed by atoms with Gasteiger partial charge in [-0.25, -0.2) is 0 Å². The number of benzene rings is 1. The predicted octanol–water partition coefficient (Wildman–Crippen LogP) is 2.16. The average molecular weight is 286 g/mol. The second-order valence-electron chi connectivity index (χ2n) is 4.45. The molecule has 2 aromatic rings. The Morgan fingerprint density at radius 3 is 2.70 bits per heavy atom. The van der Waals surface area contributed by atoms with E-state index in [0.717, 1.165) is 28.2 Å². The summed E-state index contributed by atoms with van der Waals surface area (Å²) in [5.74, 6) is -0.469. The van der Waals surface area contributed by atoms with Gasteiger partial charge in [-0.15, -0.1) is 0 Å². The lowest BCUT2D eigenvalue weighted by atomic mass is 10.1. The average Bonchev–Trinajstić information content (AvgIpc) is 2.70. The number of rotatable bonds is 1. The van der Waals surface area contributed by atoms with Gasteiger partial charge in [-0.1, -0.05) is 18.2 Å². The fourth-order valence-corrected chi connectivity index (χ4v) is 2.74. The van der Waals surface area contributed by atoms with Crippen molar-refractivity contribution >= 4 is 39.9 Å². The number of carbonyl (C=O) groups is 2. The number of aryl methyl sites for hydroxylation is 1. The molecular weight excluding hydrogens is 276 g/mol. The maximum absolute atomic E-state index is 12.0. The summed E-state index contributed by atoms with van der Waals surface area (Å²) in [6.45, 7) is 1.91. The molecular formula is C14H10N2O3S. The standard InChI is InChI=1S/C14H10N2O3S/c1-7-3-2-4-8-5-9(12(17)15-11(7)8)6-10-13(18)16-14(19)20-10/h2-6H,1H3,(H,15,17)(H,16,18,19). The predicted molar refractivity (Wildman–Crippen MR) is 78.4 cm³/mol. The third-order valence-electron chi connectivity index (χ3n) is 3.05. The largest absolute Gasteiger partial charge is 0.321 e. The molecule has 0 aliphatic carbocycles. The number of pyridine rings is 1. The van der Waals surface area contributed by atoms with E-state index in [1.54, 1.807) is 6.07 Å². The van der Waals surface area contributed by atoms with Gasteiger partial charge in [0, 0.05) is 5.56 Å². The second kappa shape index (κ2) is 4.64. The molecule has 1 aromatic carbocycles. The monoisotopic (exact) mass is 286 g/mol. The molecule has 2 N–H and O–H groups in total. The van der Waals surface area contributed by atoms with Gasteiger partial charge in [0.25, 0.3) is 16.7 Å². The van der Waals surface area contributed by atoms with Crippen LogP contribution in [0.3, 0.4) is 0 Å². The van der Waals surface area contributed by atoms with Crippen molar-refractivity contribution in [2.75, 3.05) is 0 Å². The van der Waals surface area contributed by atoms with Gasteiger partial charge in [-0.3, -0.25) is 19.7 Å². The van der Waals surface area contributed by atoms with Crippen LogP contribution in [0.1, 0.15) is 11.1 Å². The van der Waals surface area contributed by atoms with Gasteiger partial charge in [-0.05, 0) is 41.8 Å². The SMILES string of the molecule is Cc1cccc2cc(C=C3SC(=O)NC3=O)c(=O)[nH]c12. The number of amides is 2. The molecule has 0 unspecified atom stereocenters. The number of thioether (sulfide) groups is 1. The van der Waals surface area contributed by atoms with Crippen LogP contribution in [0.4, 0.5) is 4.79 Å². The van der Waals surface area contributed by atoms with Crippen LogP contribution in [0.25, 0.3) is 17.0 Å². The van der Waals surface area contributed by atoms with Gasteiger partial charge in [-0.2, -0.15) is 0 Å². The Kier molecular flexibility index (Phi) is 2.94. The van der Waals surface area contributed by atoms with Crippen molar-refractivity contribution in [1.29, 1.82) is 0 Å². The Bertz CT molecular complexity index is 836. The molecule has 0 saturated carbocycles. The molecule has 1 aliphatic rings. The van der Waals surface area contributed by atoms with Crippen LogP contribution in [0.5, 0.6) is 0 Å². The van der Waals surface area contributed by atoms with E-state index in [4.69, 9.17) is 0 Å². The Labute approximate surface area is 118 Å². The Morgan fingerprint density at radius 2 is 2.00 bits per heavy atom. The summed E-state index contributed by atoms with van der Waals surface area (Å²) in [6, 6.07) is 7.40. The molecule has 1 saturated heterocycles. The summed E-state index contributed by atoms with van der Waals surface area (Å²) in [5, 5.41) is 2.62. The summed E-state index contributed by atoms with van der Waals surface area (Å²) in [7, 11) is 0. The smallest absolute Gasteiger partial charge is 0.290 e. The molecule has 100 valence electrons. The Morgan fingerprint density at radius 1 is 1.20 bits per heavy atom. The van der Waals surface area contributed by atoms with Gasteiger partial charge in [0.05, 0.1) is 10.4 Å². The number of nitrogens with one attached hydrogen (secondary N) is 2. The number of imide groups is 1. The number of fused-ring (bicyclic) bond motifs is 1. The highest BCUT2D eigenvalue weighted by molar-refractivity contribution is 8.18. The number of aromatic amines is 1. The molecule has 0 atom stereocenters. The second-order valence-corrected chi connectivity index (χ2v) is 5.46. The Hall–Kier alpha value is -2.34. The van der Waals surface area contributed by atoms with Crippen LogP contribution < -0.4 is 10.9 Å².